The number of amides is 2. The van der Waals surface area contributed by atoms with Crippen molar-refractivity contribution in [2.24, 2.45) is 17.8 Å². The summed E-state index contributed by atoms with van der Waals surface area (Å²) in [7, 11) is 1.48. The number of ketones is 2. The minimum Gasteiger partial charge on any atom is -0.508 e. The summed E-state index contributed by atoms with van der Waals surface area (Å²) < 4.78 is 0. The summed E-state index contributed by atoms with van der Waals surface area (Å²) in [5, 5.41) is 11.0. The zero-order chi connectivity index (χ0) is 22.2. The molecule has 7 heteroatoms. The van der Waals surface area contributed by atoms with E-state index in [1.165, 1.54) is 24.1 Å². The highest BCUT2D eigenvalue weighted by molar-refractivity contribution is 6.30. The van der Waals surface area contributed by atoms with Gasteiger partial charge < -0.3 is 5.11 Å². The Labute approximate surface area is 183 Å². The van der Waals surface area contributed by atoms with Gasteiger partial charge in [-0.05, 0) is 50.0 Å². The Morgan fingerprint density at radius 3 is 2.58 bits per heavy atom. The molecule has 6 nitrogen and oxygen atoms in total. The van der Waals surface area contributed by atoms with Gasteiger partial charge in [0.05, 0.1) is 11.8 Å². The Kier molecular flexibility index (Phi) is 4.35. The first kappa shape index (κ1) is 19.9. The van der Waals surface area contributed by atoms with E-state index in [2.05, 4.69) is 0 Å². The van der Waals surface area contributed by atoms with Crippen molar-refractivity contribution in [2.75, 3.05) is 7.05 Å². The second-order valence-electron chi connectivity index (χ2n) is 8.67. The third-order valence-corrected chi connectivity index (χ3v) is 7.32. The van der Waals surface area contributed by atoms with Gasteiger partial charge in [0.25, 0.3) is 0 Å². The summed E-state index contributed by atoms with van der Waals surface area (Å²) in [5.74, 6) is -3.15. The number of rotatable bonds is 1. The molecule has 0 saturated carbocycles. The fourth-order valence-electron chi connectivity index (χ4n) is 5.63. The van der Waals surface area contributed by atoms with E-state index in [1.807, 2.05) is 6.08 Å². The van der Waals surface area contributed by atoms with Crippen LogP contribution in [0.4, 0.5) is 0 Å². The molecule has 1 aliphatic heterocycles. The van der Waals surface area contributed by atoms with Crippen molar-refractivity contribution in [2.45, 2.75) is 25.7 Å². The Morgan fingerprint density at radius 1 is 1.10 bits per heavy atom. The zero-order valence-electron chi connectivity index (χ0n) is 17.0. The van der Waals surface area contributed by atoms with Crippen molar-refractivity contribution < 1.29 is 24.3 Å². The van der Waals surface area contributed by atoms with E-state index in [1.54, 1.807) is 19.1 Å². The lowest BCUT2D eigenvalue weighted by molar-refractivity contribution is -0.138. The van der Waals surface area contributed by atoms with Crippen LogP contribution >= 0.6 is 11.6 Å². The van der Waals surface area contributed by atoms with E-state index in [0.717, 1.165) is 5.57 Å². The Morgan fingerprint density at radius 2 is 1.84 bits per heavy atom. The van der Waals surface area contributed by atoms with Crippen LogP contribution in [0.15, 0.2) is 52.6 Å². The second-order valence-corrected chi connectivity index (χ2v) is 9.10. The van der Waals surface area contributed by atoms with Crippen LogP contribution in [0.5, 0.6) is 5.75 Å². The average molecular weight is 438 g/mol. The summed E-state index contributed by atoms with van der Waals surface area (Å²) in [5.41, 5.74) is 2.27. The number of phenolic OH excluding ortho intramolecular Hbond substituents is 1. The van der Waals surface area contributed by atoms with E-state index >= 15 is 0 Å². The number of hydrogen-bond acceptors (Lipinski definition) is 5. The minimum atomic E-state index is -0.692. The molecular weight excluding hydrogens is 418 g/mol. The van der Waals surface area contributed by atoms with Crippen LogP contribution in [-0.2, 0) is 19.2 Å². The molecule has 1 N–H and O–H groups in total. The van der Waals surface area contributed by atoms with Crippen molar-refractivity contribution in [3.63, 3.8) is 0 Å². The summed E-state index contributed by atoms with van der Waals surface area (Å²) in [6.45, 7) is 1.60. The number of hydrogen-bond donors (Lipinski definition) is 1. The molecule has 1 aromatic carbocycles. The number of fused-ring (bicyclic) bond motifs is 3. The van der Waals surface area contributed by atoms with E-state index in [9.17, 15) is 24.3 Å². The minimum absolute atomic E-state index is 0.0386. The normalized spacial score (nSPS) is 30.1. The monoisotopic (exact) mass is 437 g/mol. The van der Waals surface area contributed by atoms with Crippen LogP contribution < -0.4 is 0 Å². The van der Waals surface area contributed by atoms with Crippen molar-refractivity contribution >= 4 is 35.0 Å². The van der Waals surface area contributed by atoms with Gasteiger partial charge in [0.15, 0.2) is 11.6 Å². The standard InChI is InChI=1S/C24H20ClNO5/c1-10-7-18(28)16-9-14-12(4-5-13-20(14)24(31)26(2)23(13)30)19(21(16)22(10)29)15-8-11(25)3-6-17(15)27/h3-4,6-8,13-14,19-20,27H,5,9H2,1-2H3/t13-,14+,19+,20-/m0/s1. The molecule has 3 aliphatic carbocycles. The van der Waals surface area contributed by atoms with Gasteiger partial charge in [0.1, 0.15) is 5.75 Å². The predicted octanol–water partition coefficient (Wildman–Crippen LogP) is 3.10. The van der Waals surface area contributed by atoms with E-state index in [4.69, 9.17) is 11.6 Å². The van der Waals surface area contributed by atoms with E-state index < -0.39 is 23.7 Å². The zero-order valence-corrected chi connectivity index (χ0v) is 17.8. The number of Topliss-reactive ketones (excluding diaryl/α,β-unsaturated/α-hetero) is 1. The number of nitrogens with zero attached hydrogens (tertiary/aromatic N) is 1. The first-order valence-corrected chi connectivity index (χ1v) is 10.6. The number of carbonyl (C=O) groups is 4. The van der Waals surface area contributed by atoms with Gasteiger partial charge in [-0.3, -0.25) is 24.1 Å². The summed E-state index contributed by atoms with van der Waals surface area (Å²) >= 11 is 6.22. The molecule has 0 radical (unpaired) electrons. The predicted molar refractivity (Wildman–Crippen MR) is 112 cm³/mol. The van der Waals surface area contributed by atoms with Crippen LogP contribution in [-0.4, -0.2) is 40.4 Å². The number of carbonyl (C=O) groups excluding carboxylic acids is 4. The number of imide groups is 1. The third-order valence-electron chi connectivity index (χ3n) is 7.09. The van der Waals surface area contributed by atoms with Gasteiger partial charge in [0, 0.05) is 40.3 Å². The maximum atomic E-state index is 13.2. The molecule has 31 heavy (non-hydrogen) atoms. The molecule has 1 fully saturated rings. The van der Waals surface area contributed by atoms with Crippen molar-refractivity contribution in [1.29, 1.82) is 0 Å². The maximum absolute atomic E-state index is 13.2. The lowest BCUT2D eigenvalue weighted by Gasteiger charge is -2.42. The maximum Gasteiger partial charge on any atom is 0.233 e. The smallest absolute Gasteiger partial charge is 0.233 e. The van der Waals surface area contributed by atoms with Gasteiger partial charge in [-0.25, -0.2) is 0 Å². The lowest BCUT2D eigenvalue weighted by atomic mass is 9.59. The molecule has 5 rings (SSSR count). The van der Waals surface area contributed by atoms with Crippen molar-refractivity contribution in [3.8, 4) is 5.75 Å². The molecule has 1 saturated heterocycles. The highest BCUT2D eigenvalue weighted by Gasteiger charge is 2.55. The fraction of sp³-hybridized carbons (Fsp3) is 0.333. The molecule has 1 heterocycles. The quantitative estimate of drug-likeness (QED) is 0.414. The van der Waals surface area contributed by atoms with Crippen LogP contribution in [0.3, 0.4) is 0 Å². The molecule has 158 valence electrons. The third kappa shape index (κ3) is 2.71. The molecule has 0 aromatic heterocycles. The van der Waals surface area contributed by atoms with Gasteiger partial charge in [-0.1, -0.05) is 23.3 Å². The molecule has 4 aliphatic rings. The summed E-state index contributed by atoms with van der Waals surface area (Å²) in [6, 6.07) is 4.61. The summed E-state index contributed by atoms with van der Waals surface area (Å²) in [6.07, 6.45) is 3.85. The highest BCUT2D eigenvalue weighted by atomic mass is 35.5. The Bertz CT molecular complexity index is 1190. The lowest BCUT2D eigenvalue weighted by Crippen LogP contribution is -2.39. The molecule has 2 amide bonds. The van der Waals surface area contributed by atoms with Crippen molar-refractivity contribution in [3.05, 3.63) is 63.2 Å². The van der Waals surface area contributed by atoms with Crippen LogP contribution in [0.1, 0.15) is 31.2 Å². The van der Waals surface area contributed by atoms with Gasteiger partial charge in [-0.15, -0.1) is 0 Å². The number of phenols is 1. The molecule has 0 bridgehead atoms. The highest BCUT2D eigenvalue weighted by Crippen LogP contribution is 2.56. The number of halogens is 1. The molecule has 1 aromatic rings. The molecule has 0 spiro atoms. The van der Waals surface area contributed by atoms with Crippen molar-refractivity contribution in [1.82, 2.24) is 4.90 Å². The largest absolute Gasteiger partial charge is 0.508 e. The van der Waals surface area contributed by atoms with Crippen LogP contribution in [0.2, 0.25) is 5.02 Å². The SMILES string of the molecule is CC1=CC(=O)C2=C(C1=O)[C@@H](c1cc(Cl)ccc1O)C1=CC[C@@H]3C(=O)N(C)C(=O)[C@@H]3[C@@H]1C2. The topological polar surface area (TPSA) is 91.8 Å². The van der Waals surface area contributed by atoms with Gasteiger partial charge >= 0.3 is 0 Å². The fourth-order valence-corrected chi connectivity index (χ4v) is 5.81. The first-order chi connectivity index (χ1) is 14.7. The van der Waals surface area contributed by atoms with E-state index in [0.29, 0.717) is 33.7 Å². The summed E-state index contributed by atoms with van der Waals surface area (Å²) in [4.78, 5) is 52.9. The van der Waals surface area contributed by atoms with Crippen LogP contribution in [0.25, 0.3) is 0 Å². The van der Waals surface area contributed by atoms with Gasteiger partial charge in [-0.2, -0.15) is 0 Å². The number of likely N-dealkylation sites (tertiary alicyclic amines) is 1. The number of aromatic hydroxyl groups is 1. The molecular formula is C24H20ClNO5. The Balaban J connectivity index is 1.75. The average Bonchev–Trinajstić information content (AvgIpc) is 2.96. The van der Waals surface area contributed by atoms with Gasteiger partial charge in [0.2, 0.25) is 11.8 Å². The van der Waals surface area contributed by atoms with E-state index in [-0.39, 0.29) is 35.6 Å². The Hall–Kier alpha value is -2.99. The number of allylic oxidation sites excluding steroid dienone is 6. The number of benzene rings is 1. The molecule has 4 atom stereocenters. The second kappa shape index (κ2) is 6.76. The first-order valence-electron chi connectivity index (χ1n) is 10.2. The van der Waals surface area contributed by atoms with Crippen LogP contribution in [0, 0.1) is 17.8 Å². The molecule has 0 unspecified atom stereocenters.